The van der Waals surface area contributed by atoms with Crippen LogP contribution in [0.4, 0.5) is 5.13 Å². The Bertz CT molecular complexity index is 1040. The van der Waals surface area contributed by atoms with Gasteiger partial charge in [-0.25, -0.2) is 4.98 Å². The topological polar surface area (TPSA) is 56.1 Å². The molecule has 0 fully saturated rings. The van der Waals surface area contributed by atoms with E-state index < -0.39 is 0 Å². The second-order valence-electron chi connectivity index (χ2n) is 8.03. The highest BCUT2D eigenvalue weighted by Crippen LogP contribution is 2.34. The predicted molar refractivity (Wildman–Crippen MR) is 120 cm³/mol. The zero-order valence-corrected chi connectivity index (χ0v) is 18.8. The number of fused-ring (bicyclic) bond motifs is 2. The van der Waals surface area contributed by atoms with Crippen molar-refractivity contribution < 1.29 is 19.2 Å². The summed E-state index contributed by atoms with van der Waals surface area (Å²) in [5, 5.41) is 0.739. The third-order valence-corrected chi connectivity index (χ3v) is 6.36. The first-order valence-electron chi connectivity index (χ1n) is 10.3. The van der Waals surface area contributed by atoms with Crippen molar-refractivity contribution in [3.8, 4) is 11.5 Å². The van der Waals surface area contributed by atoms with Gasteiger partial charge in [0.05, 0.1) is 30.9 Å². The lowest BCUT2D eigenvalue weighted by molar-refractivity contribution is -0.858. The Morgan fingerprint density at radius 1 is 1.10 bits per heavy atom. The minimum Gasteiger partial charge on any atom is -0.486 e. The number of carbonyl (C=O) groups is 1. The van der Waals surface area contributed by atoms with Crippen molar-refractivity contribution in [2.75, 3.05) is 45.3 Å². The van der Waals surface area contributed by atoms with Crippen molar-refractivity contribution >= 4 is 32.6 Å². The fourth-order valence-corrected chi connectivity index (χ4v) is 4.56. The zero-order chi connectivity index (χ0) is 21.3. The van der Waals surface area contributed by atoms with E-state index in [4.69, 9.17) is 14.5 Å². The summed E-state index contributed by atoms with van der Waals surface area (Å²) in [5.41, 5.74) is 3.97. The van der Waals surface area contributed by atoms with Gasteiger partial charge in [0.1, 0.15) is 13.2 Å². The third kappa shape index (κ3) is 4.27. The Hall–Kier alpha value is -2.64. The zero-order valence-electron chi connectivity index (χ0n) is 17.9. The molecule has 1 aliphatic rings. The van der Waals surface area contributed by atoms with Crippen LogP contribution in [-0.2, 0) is 0 Å². The number of anilines is 1. The van der Waals surface area contributed by atoms with Crippen molar-refractivity contribution in [3.05, 3.63) is 47.0 Å². The SMILES string of the molecule is Cc1cc2nc(N(CCC[NH+](C)C)C(=O)c3ccc4c(c3)OCCO4)sc2cc1C. The van der Waals surface area contributed by atoms with Gasteiger partial charge >= 0.3 is 0 Å². The molecule has 158 valence electrons. The number of ether oxygens (including phenoxy) is 2. The quantitative estimate of drug-likeness (QED) is 0.659. The maximum atomic E-state index is 13.5. The molecule has 0 atom stereocenters. The molecular formula is C23H28N3O3S+. The minimum atomic E-state index is -0.0618. The van der Waals surface area contributed by atoms with Crippen LogP contribution in [0, 0.1) is 13.8 Å². The highest BCUT2D eigenvalue weighted by molar-refractivity contribution is 7.22. The number of thiazole rings is 1. The largest absolute Gasteiger partial charge is 0.486 e. The van der Waals surface area contributed by atoms with Gasteiger partial charge in [-0.05, 0) is 55.3 Å². The van der Waals surface area contributed by atoms with E-state index in [1.165, 1.54) is 16.0 Å². The highest BCUT2D eigenvalue weighted by atomic mass is 32.1. The lowest BCUT2D eigenvalue weighted by Crippen LogP contribution is -3.05. The maximum Gasteiger partial charge on any atom is 0.260 e. The second kappa shape index (κ2) is 8.62. The first-order chi connectivity index (χ1) is 14.4. The Morgan fingerprint density at radius 3 is 2.60 bits per heavy atom. The van der Waals surface area contributed by atoms with Crippen LogP contribution in [0.3, 0.4) is 0 Å². The molecule has 1 N–H and O–H groups in total. The number of hydrogen-bond donors (Lipinski definition) is 1. The van der Waals surface area contributed by atoms with Gasteiger partial charge in [0.2, 0.25) is 0 Å². The molecule has 4 rings (SSSR count). The smallest absolute Gasteiger partial charge is 0.260 e. The van der Waals surface area contributed by atoms with E-state index in [1.807, 2.05) is 17.0 Å². The summed E-state index contributed by atoms with van der Waals surface area (Å²) in [4.78, 5) is 21.5. The molecule has 7 heteroatoms. The fraction of sp³-hybridized carbons (Fsp3) is 0.391. The summed E-state index contributed by atoms with van der Waals surface area (Å²) in [5.74, 6) is 1.25. The minimum absolute atomic E-state index is 0.0618. The molecule has 1 amide bonds. The molecule has 0 bridgehead atoms. The number of benzene rings is 2. The molecule has 0 saturated carbocycles. The van der Waals surface area contributed by atoms with Crippen LogP contribution in [0.5, 0.6) is 11.5 Å². The van der Waals surface area contributed by atoms with Gasteiger partial charge in [-0.3, -0.25) is 9.69 Å². The van der Waals surface area contributed by atoms with Gasteiger partial charge in [0.15, 0.2) is 16.6 Å². The Morgan fingerprint density at radius 2 is 1.83 bits per heavy atom. The lowest BCUT2D eigenvalue weighted by atomic mass is 10.1. The molecule has 0 aliphatic carbocycles. The van der Waals surface area contributed by atoms with E-state index in [-0.39, 0.29) is 5.91 Å². The molecular weight excluding hydrogens is 398 g/mol. The summed E-state index contributed by atoms with van der Waals surface area (Å²) in [6.07, 6.45) is 0.895. The van der Waals surface area contributed by atoms with Gasteiger partial charge in [-0.1, -0.05) is 11.3 Å². The average Bonchev–Trinajstić information content (AvgIpc) is 3.12. The van der Waals surface area contributed by atoms with Gasteiger partial charge in [0.25, 0.3) is 5.91 Å². The first-order valence-corrected chi connectivity index (χ1v) is 11.1. The van der Waals surface area contributed by atoms with Crippen LogP contribution in [0.15, 0.2) is 30.3 Å². The predicted octanol–water partition coefficient (Wildman–Crippen LogP) is 2.87. The number of hydrogen-bond acceptors (Lipinski definition) is 5. The number of rotatable bonds is 6. The summed E-state index contributed by atoms with van der Waals surface area (Å²) >= 11 is 1.57. The number of aryl methyl sites for hydroxylation is 2. The van der Waals surface area contributed by atoms with Crippen molar-refractivity contribution in [3.63, 3.8) is 0 Å². The first kappa shape index (κ1) is 20.6. The highest BCUT2D eigenvalue weighted by Gasteiger charge is 2.23. The van der Waals surface area contributed by atoms with E-state index in [0.717, 1.165) is 28.3 Å². The molecule has 0 spiro atoms. The summed E-state index contributed by atoms with van der Waals surface area (Å²) in [6, 6.07) is 9.66. The number of nitrogens with one attached hydrogen (secondary N) is 1. The summed E-state index contributed by atoms with van der Waals surface area (Å²) in [7, 11) is 4.24. The van der Waals surface area contributed by atoms with Crippen molar-refractivity contribution in [1.82, 2.24) is 4.98 Å². The van der Waals surface area contributed by atoms with Crippen LogP contribution in [0.2, 0.25) is 0 Å². The third-order valence-electron chi connectivity index (χ3n) is 5.32. The molecule has 0 unspecified atom stereocenters. The number of quaternary nitrogens is 1. The molecule has 6 nitrogen and oxygen atoms in total. The molecule has 1 aromatic heterocycles. The van der Waals surface area contributed by atoms with Gasteiger partial charge in [-0.2, -0.15) is 0 Å². The maximum absolute atomic E-state index is 13.5. The number of nitrogens with zero attached hydrogens (tertiary/aromatic N) is 2. The van der Waals surface area contributed by atoms with Crippen molar-refractivity contribution in [2.45, 2.75) is 20.3 Å². The van der Waals surface area contributed by atoms with Crippen molar-refractivity contribution in [2.24, 2.45) is 0 Å². The summed E-state index contributed by atoms with van der Waals surface area (Å²) < 4.78 is 12.4. The standard InChI is InChI=1S/C23H27N3O3S/c1-15-12-18-21(13-16(15)2)30-23(24-18)26(9-5-8-25(3)4)22(27)17-6-7-19-20(14-17)29-11-10-28-19/h6-7,12-14H,5,8-11H2,1-4H3/p+1. The van der Waals surface area contributed by atoms with Crippen LogP contribution in [0.1, 0.15) is 27.9 Å². The van der Waals surface area contributed by atoms with Crippen LogP contribution in [-0.4, -0.2) is 51.3 Å². The van der Waals surface area contributed by atoms with E-state index >= 15 is 0 Å². The molecule has 0 radical (unpaired) electrons. The van der Waals surface area contributed by atoms with Gasteiger partial charge in [-0.15, -0.1) is 0 Å². The van der Waals surface area contributed by atoms with E-state index in [1.54, 1.807) is 17.4 Å². The number of aromatic nitrogens is 1. The van der Waals surface area contributed by atoms with Crippen LogP contribution in [0.25, 0.3) is 10.2 Å². The van der Waals surface area contributed by atoms with Crippen LogP contribution < -0.4 is 19.3 Å². The number of amides is 1. The Labute approximate surface area is 181 Å². The second-order valence-corrected chi connectivity index (χ2v) is 9.04. The molecule has 2 heterocycles. The molecule has 30 heavy (non-hydrogen) atoms. The molecule has 3 aromatic rings. The van der Waals surface area contributed by atoms with E-state index in [0.29, 0.717) is 36.8 Å². The van der Waals surface area contributed by atoms with E-state index in [9.17, 15) is 4.79 Å². The normalized spacial score (nSPS) is 13.1. The van der Waals surface area contributed by atoms with Gasteiger partial charge in [0, 0.05) is 18.5 Å². The number of carbonyl (C=O) groups excluding carboxylic acids is 1. The van der Waals surface area contributed by atoms with Crippen molar-refractivity contribution in [1.29, 1.82) is 0 Å². The fourth-order valence-electron chi connectivity index (χ4n) is 3.49. The monoisotopic (exact) mass is 426 g/mol. The lowest BCUT2D eigenvalue weighted by Gasteiger charge is -2.22. The van der Waals surface area contributed by atoms with Gasteiger partial charge < -0.3 is 14.4 Å². The molecule has 2 aromatic carbocycles. The molecule has 0 saturated heterocycles. The average molecular weight is 427 g/mol. The Kier molecular flexibility index (Phi) is 5.92. The summed E-state index contributed by atoms with van der Waals surface area (Å²) in [6.45, 7) is 6.82. The van der Waals surface area contributed by atoms with E-state index in [2.05, 4.69) is 40.1 Å². The van der Waals surface area contributed by atoms with Crippen LogP contribution >= 0.6 is 11.3 Å². The molecule has 1 aliphatic heterocycles. The Balaban J connectivity index is 1.68.